The third-order valence-electron chi connectivity index (χ3n) is 4.13. The van der Waals surface area contributed by atoms with Gasteiger partial charge in [0.1, 0.15) is 18.1 Å². The number of likely N-dealkylation sites (tertiary alicyclic amines) is 1. The summed E-state index contributed by atoms with van der Waals surface area (Å²) in [5.74, 6) is -4.15. The second-order valence-electron chi connectivity index (χ2n) is 6.28. The summed E-state index contributed by atoms with van der Waals surface area (Å²) in [6.07, 6.45) is 0.545. The van der Waals surface area contributed by atoms with Crippen molar-refractivity contribution in [2.45, 2.75) is 50.4 Å². The van der Waals surface area contributed by atoms with Crippen LogP contribution in [0.5, 0.6) is 0 Å². The van der Waals surface area contributed by atoms with E-state index in [1.54, 1.807) is 0 Å². The first-order chi connectivity index (χ1) is 12.6. The lowest BCUT2D eigenvalue weighted by Crippen LogP contribution is -2.56. The van der Waals surface area contributed by atoms with Crippen molar-refractivity contribution in [2.75, 3.05) is 13.2 Å². The van der Waals surface area contributed by atoms with Crippen LogP contribution in [0, 0.1) is 0 Å². The van der Waals surface area contributed by atoms with Gasteiger partial charge in [0.15, 0.2) is 0 Å². The topological polar surface area (TPSA) is 205 Å². The highest BCUT2D eigenvalue weighted by molar-refractivity contribution is 5.95. The first-order valence-corrected chi connectivity index (χ1v) is 8.37. The molecule has 1 aliphatic rings. The predicted molar refractivity (Wildman–Crippen MR) is 90.8 cm³/mol. The highest BCUT2D eigenvalue weighted by Gasteiger charge is 2.37. The van der Waals surface area contributed by atoms with E-state index in [4.69, 9.17) is 21.7 Å². The number of amides is 4. The zero-order valence-corrected chi connectivity index (χ0v) is 14.9. The Morgan fingerprint density at radius 3 is 2.37 bits per heavy atom. The van der Waals surface area contributed by atoms with Gasteiger partial charge in [0.05, 0.1) is 19.1 Å². The van der Waals surface area contributed by atoms with Gasteiger partial charge in [0, 0.05) is 6.54 Å². The molecule has 1 aliphatic heterocycles. The monoisotopic (exact) mass is 387 g/mol. The summed E-state index contributed by atoms with van der Waals surface area (Å²) < 4.78 is 0. The summed E-state index contributed by atoms with van der Waals surface area (Å²) in [7, 11) is 0. The first kappa shape index (κ1) is 22.3. The molecule has 12 heteroatoms. The normalized spacial score (nSPS) is 19.7. The Kier molecular flexibility index (Phi) is 8.12. The summed E-state index contributed by atoms with van der Waals surface area (Å²) in [6.45, 7) is 0.809. The minimum atomic E-state index is -1.49. The van der Waals surface area contributed by atoms with Crippen molar-refractivity contribution >= 4 is 29.6 Å². The highest BCUT2D eigenvalue weighted by Crippen LogP contribution is 2.19. The molecule has 27 heavy (non-hydrogen) atoms. The van der Waals surface area contributed by atoms with Gasteiger partial charge in [-0.3, -0.25) is 19.2 Å². The number of carbonyl (C=O) groups excluding carboxylic acids is 4. The Morgan fingerprint density at radius 1 is 1.22 bits per heavy atom. The molecule has 4 unspecified atom stereocenters. The Bertz CT molecular complexity index is 611. The predicted octanol–water partition coefficient (Wildman–Crippen LogP) is -3.75. The lowest BCUT2D eigenvalue weighted by Gasteiger charge is -2.27. The van der Waals surface area contributed by atoms with E-state index in [9.17, 15) is 24.0 Å². The molecule has 1 rings (SSSR count). The molecule has 1 saturated heterocycles. The van der Waals surface area contributed by atoms with Crippen LogP contribution in [-0.2, 0) is 24.0 Å². The van der Waals surface area contributed by atoms with E-state index in [0.717, 1.165) is 0 Å². The molecule has 4 atom stereocenters. The lowest BCUT2D eigenvalue weighted by atomic mass is 10.1. The van der Waals surface area contributed by atoms with Crippen LogP contribution in [0.1, 0.15) is 26.2 Å². The minimum absolute atomic E-state index is 0.273. The van der Waals surface area contributed by atoms with Crippen LogP contribution < -0.4 is 22.1 Å². The van der Waals surface area contributed by atoms with Crippen LogP contribution in [0.2, 0.25) is 0 Å². The smallest absolute Gasteiger partial charge is 0.328 e. The van der Waals surface area contributed by atoms with Gasteiger partial charge < -0.3 is 37.2 Å². The fourth-order valence-corrected chi connectivity index (χ4v) is 2.68. The van der Waals surface area contributed by atoms with E-state index in [0.29, 0.717) is 12.8 Å². The molecule has 0 aliphatic carbocycles. The van der Waals surface area contributed by atoms with Gasteiger partial charge in [-0.2, -0.15) is 0 Å². The van der Waals surface area contributed by atoms with E-state index in [1.165, 1.54) is 11.8 Å². The van der Waals surface area contributed by atoms with Gasteiger partial charge in [-0.1, -0.05) is 0 Å². The molecule has 0 spiro atoms. The van der Waals surface area contributed by atoms with Crippen molar-refractivity contribution in [2.24, 2.45) is 11.5 Å². The number of nitrogens with zero attached hydrogens (tertiary/aromatic N) is 1. The fourth-order valence-electron chi connectivity index (χ4n) is 2.68. The second-order valence-corrected chi connectivity index (χ2v) is 6.28. The number of aliphatic hydroxyl groups is 1. The number of hydrogen-bond donors (Lipinski definition) is 6. The molecule has 1 fully saturated rings. The second kappa shape index (κ2) is 9.83. The number of carbonyl (C=O) groups is 5. The Morgan fingerprint density at radius 2 is 1.85 bits per heavy atom. The van der Waals surface area contributed by atoms with Crippen LogP contribution >= 0.6 is 0 Å². The molecule has 0 bridgehead atoms. The SMILES string of the molecule is CC(NC(=O)C1CCCN1C(=O)C(N)CC(N)=O)C(=O)NC(CO)C(=O)O. The molecule has 12 nitrogen and oxygen atoms in total. The Hall–Kier alpha value is -2.73. The minimum Gasteiger partial charge on any atom is -0.480 e. The highest BCUT2D eigenvalue weighted by atomic mass is 16.4. The average Bonchev–Trinajstić information content (AvgIpc) is 3.07. The molecule has 0 saturated carbocycles. The van der Waals surface area contributed by atoms with Gasteiger partial charge in [-0.15, -0.1) is 0 Å². The molecule has 0 radical (unpaired) electrons. The number of nitrogens with two attached hydrogens (primary N) is 2. The number of rotatable bonds is 9. The molecule has 0 aromatic rings. The summed E-state index contributed by atoms with van der Waals surface area (Å²) in [6, 6.07) is -4.60. The summed E-state index contributed by atoms with van der Waals surface area (Å²) in [5, 5.41) is 22.2. The third-order valence-corrected chi connectivity index (χ3v) is 4.13. The maximum atomic E-state index is 12.4. The Labute approximate surface area is 155 Å². The van der Waals surface area contributed by atoms with Crippen molar-refractivity contribution < 1.29 is 34.2 Å². The summed E-state index contributed by atoms with van der Waals surface area (Å²) in [4.78, 5) is 59.7. The quantitative estimate of drug-likeness (QED) is 0.231. The van der Waals surface area contributed by atoms with Crippen LogP contribution in [0.25, 0.3) is 0 Å². The van der Waals surface area contributed by atoms with Crippen LogP contribution in [-0.4, -0.2) is 82.0 Å². The molecule has 152 valence electrons. The van der Waals surface area contributed by atoms with Crippen molar-refractivity contribution in [3.05, 3.63) is 0 Å². The maximum absolute atomic E-state index is 12.4. The van der Waals surface area contributed by atoms with Crippen molar-refractivity contribution in [3.63, 3.8) is 0 Å². The van der Waals surface area contributed by atoms with Crippen LogP contribution in [0.4, 0.5) is 0 Å². The zero-order valence-electron chi connectivity index (χ0n) is 14.9. The number of carboxylic acid groups (broad SMARTS) is 1. The van der Waals surface area contributed by atoms with E-state index < -0.39 is 60.4 Å². The average molecular weight is 387 g/mol. The summed E-state index contributed by atoms with van der Waals surface area (Å²) in [5.41, 5.74) is 10.7. The molecule has 0 aromatic heterocycles. The van der Waals surface area contributed by atoms with E-state index in [1.807, 2.05) is 0 Å². The number of hydrogen-bond acceptors (Lipinski definition) is 7. The maximum Gasteiger partial charge on any atom is 0.328 e. The van der Waals surface area contributed by atoms with Gasteiger partial charge >= 0.3 is 5.97 Å². The van der Waals surface area contributed by atoms with Gasteiger partial charge in [0.25, 0.3) is 0 Å². The molecule has 1 heterocycles. The van der Waals surface area contributed by atoms with E-state index >= 15 is 0 Å². The Balaban J connectivity index is 2.69. The molecule has 8 N–H and O–H groups in total. The van der Waals surface area contributed by atoms with Crippen LogP contribution in [0.15, 0.2) is 0 Å². The third kappa shape index (κ3) is 6.18. The number of nitrogens with one attached hydrogen (secondary N) is 2. The number of aliphatic carboxylic acids is 1. The number of carboxylic acids is 1. The number of primary amides is 1. The fraction of sp³-hybridized carbons (Fsp3) is 0.667. The molecule has 0 aromatic carbocycles. The van der Waals surface area contributed by atoms with E-state index in [2.05, 4.69) is 10.6 Å². The molecular weight excluding hydrogens is 362 g/mol. The number of aliphatic hydroxyl groups excluding tert-OH is 1. The van der Waals surface area contributed by atoms with Gasteiger partial charge in [-0.05, 0) is 19.8 Å². The first-order valence-electron chi connectivity index (χ1n) is 8.37. The largest absolute Gasteiger partial charge is 0.480 e. The molecular formula is C15H25N5O7. The standard InChI is InChI=1S/C15H25N5O7/c1-7(12(23)19-9(6-21)15(26)27)18-13(24)10-3-2-4-20(10)14(25)8(16)5-11(17)22/h7-10,21H,2-6,16H2,1H3,(H2,17,22)(H,18,24)(H,19,23)(H,26,27). The summed E-state index contributed by atoms with van der Waals surface area (Å²) >= 11 is 0. The van der Waals surface area contributed by atoms with E-state index in [-0.39, 0.29) is 13.0 Å². The molecule has 4 amide bonds. The van der Waals surface area contributed by atoms with Crippen LogP contribution in [0.3, 0.4) is 0 Å². The van der Waals surface area contributed by atoms with Crippen molar-refractivity contribution in [3.8, 4) is 0 Å². The van der Waals surface area contributed by atoms with Gasteiger partial charge in [-0.25, -0.2) is 4.79 Å². The van der Waals surface area contributed by atoms with Crippen molar-refractivity contribution in [1.82, 2.24) is 15.5 Å². The lowest BCUT2D eigenvalue weighted by molar-refractivity contribution is -0.143. The van der Waals surface area contributed by atoms with Crippen molar-refractivity contribution in [1.29, 1.82) is 0 Å². The van der Waals surface area contributed by atoms with Gasteiger partial charge in [0.2, 0.25) is 23.6 Å². The zero-order chi connectivity index (χ0) is 20.7.